The van der Waals surface area contributed by atoms with Crippen molar-refractivity contribution in [1.29, 1.82) is 0 Å². The first-order chi connectivity index (χ1) is 14.9. The summed E-state index contributed by atoms with van der Waals surface area (Å²) in [5, 5.41) is 2.65. The highest BCUT2D eigenvalue weighted by molar-refractivity contribution is 6.04. The molecule has 7 nitrogen and oxygen atoms in total. The van der Waals surface area contributed by atoms with Crippen LogP contribution in [0.25, 0.3) is 0 Å². The second-order valence-electron chi connectivity index (χ2n) is 7.68. The molecule has 0 saturated carbocycles. The Morgan fingerprint density at radius 2 is 1.71 bits per heavy atom. The molecule has 2 amide bonds. The summed E-state index contributed by atoms with van der Waals surface area (Å²) in [6.07, 6.45) is 3.23. The second kappa shape index (κ2) is 10.3. The van der Waals surface area contributed by atoms with E-state index in [-0.39, 0.29) is 23.6 Å². The molecule has 3 rings (SSSR count). The van der Waals surface area contributed by atoms with E-state index in [4.69, 9.17) is 0 Å². The number of amides is 2. The summed E-state index contributed by atoms with van der Waals surface area (Å²) in [5.41, 5.74) is 0.345. The van der Waals surface area contributed by atoms with E-state index in [1.165, 1.54) is 47.2 Å². The smallest absolute Gasteiger partial charge is 0.257 e. The first-order valence-corrected chi connectivity index (χ1v) is 10.7. The van der Waals surface area contributed by atoms with E-state index < -0.39 is 11.7 Å². The standard InChI is InChI=1S/C23H29FN4O3/c1-3-26(4-2)20-11-13-27(14-12-20)22(30)16-28-15-17(5-10-21(28)29)23(31)25-19-8-6-18(24)7-9-19/h5-10,15,20H,3-4,11-14,16H2,1-2H3,(H,25,31). The molecule has 0 aliphatic carbocycles. The number of likely N-dealkylation sites (tertiary alicyclic amines) is 1. The minimum atomic E-state index is -0.437. The third-order valence-corrected chi connectivity index (χ3v) is 5.80. The summed E-state index contributed by atoms with van der Waals surface area (Å²) in [5.74, 6) is -0.963. The maximum atomic E-state index is 13.0. The minimum Gasteiger partial charge on any atom is -0.341 e. The van der Waals surface area contributed by atoms with Gasteiger partial charge < -0.3 is 19.7 Å². The van der Waals surface area contributed by atoms with E-state index in [0.717, 1.165) is 25.9 Å². The first-order valence-electron chi connectivity index (χ1n) is 10.7. The van der Waals surface area contributed by atoms with Crippen LogP contribution in [-0.4, -0.2) is 58.4 Å². The highest BCUT2D eigenvalue weighted by Crippen LogP contribution is 2.17. The molecule has 1 aliphatic rings. The Kier molecular flexibility index (Phi) is 7.57. The van der Waals surface area contributed by atoms with Crippen molar-refractivity contribution in [2.45, 2.75) is 39.3 Å². The number of aromatic nitrogens is 1. The molecule has 2 aromatic rings. The number of carbonyl (C=O) groups is 2. The van der Waals surface area contributed by atoms with Crippen LogP contribution in [-0.2, 0) is 11.3 Å². The van der Waals surface area contributed by atoms with Gasteiger partial charge in [-0.25, -0.2) is 4.39 Å². The summed E-state index contributed by atoms with van der Waals surface area (Å²) >= 11 is 0. The number of hydrogen-bond acceptors (Lipinski definition) is 4. The summed E-state index contributed by atoms with van der Waals surface area (Å²) in [6, 6.07) is 8.58. The Labute approximate surface area is 181 Å². The number of nitrogens with zero attached hydrogens (tertiary/aromatic N) is 3. The molecule has 1 fully saturated rings. The molecule has 166 valence electrons. The van der Waals surface area contributed by atoms with Crippen molar-refractivity contribution >= 4 is 17.5 Å². The molecule has 1 aromatic carbocycles. The SMILES string of the molecule is CCN(CC)C1CCN(C(=O)Cn2cc(C(=O)Nc3ccc(F)cc3)ccc2=O)CC1. The molecule has 0 bridgehead atoms. The van der Waals surface area contributed by atoms with Gasteiger partial charge in [0.05, 0.1) is 5.56 Å². The Morgan fingerprint density at radius 1 is 1.06 bits per heavy atom. The lowest BCUT2D eigenvalue weighted by Gasteiger charge is -2.37. The predicted octanol–water partition coefficient (Wildman–Crippen LogP) is 2.57. The Hall–Kier alpha value is -3.00. The summed E-state index contributed by atoms with van der Waals surface area (Å²) in [4.78, 5) is 41.7. The fourth-order valence-corrected chi connectivity index (χ4v) is 3.99. The van der Waals surface area contributed by atoms with Crippen LogP contribution in [0.4, 0.5) is 10.1 Å². The number of pyridine rings is 1. The minimum absolute atomic E-state index is 0.105. The predicted molar refractivity (Wildman–Crippen MR) is 118 cm³/mol. The molecule has 1 aromatic heterocycles. The zero-order chi connectivity index (χ0) is 22.4. The largest absolute Gasteiger partial charge is 0.341 e. The van der Waals surface area contributed by atoms with Crippen molar-refractivity contribution in [3.05, 3.63) is 64.3 Å². The van der Waals surface area contributed by atoms with E-state index in [0.29, 0.717) is 24.8 Å². The zero-order valence-electron chi connectivity index (χ0n) is 18.0. The van der Waals surface area contributed by atoms with Gasteiger partial charge in [-0.05, 0) is 56.3 Å². The average Bonchev–Trinajstić information content (AvgIpc) is 2.78. The van der Waals surface area contributed by atoms with Crippen molar-refractivity contribution < 1.29 is 14.0 Å². The first kappa shape index (κ1) is 22.7. The van der Waals surface area contributed by atoms with Crippen LogP contribution in [0.1, 0.15) is 37.0 Å². The highest BCUT2D eigenvalue weighted by Gasteiger charge is 2.25. The quantitative estimate of drug-likeness (QED) is 0.736. The number of nitrogens with one attached hydrogen (secondary N) is 1. The molecule has 1 saturated heterocycles. The van der Waals surface area contributed by atoms with Gasteiger partial charge in [0.2, 0.25) is 5.91 Å². The van der Waals surface area contributed by atoms with Crippen molar-refractivity contribution in [2.24, 2.45) is 0 Å². The van der Waals surface area contributed by atoms with Gasteiger partial charge in [0, 0.05) is 37.1 Å². The van der Waals surface area contributed by atoms with Gasteiger partial charge in [0.1, 0.15) is 12.4 Å². The second-order valence-corrected chi connectivity index (χ2v) is 7.68. The van der Waals surface area contributed by atoms with Crippen molar-refractivity contribution in [2.75, 3.05) is 31.5 Å². The van der Waals surface area contributed by atoms with Gasteiger partial charge in [-0.3, -0.25) is 14.4 Å². The van der Waals surface area contributed by atoms with Gasteiger partial charge in [0.15, 0.2) is 0 Å². The highest BCUT2D eigenvalue weighted by atomic mass is 19.1. The lowest BCUT2D eigenvalue weighted by molar-refractivity contribution is -0.133. The van der Waals surface area contributed by atoms with Gasteiger partial charge in [0.25, 0.3) is 11.5 Å². The molecule has 1 N–H and O–H groups in total. The molecular formula is C23H29FN4O3. The van der Waals surface area contributed by atoms with Gasteiger partial charge in [-0.1, -0.05) is 13.8 Å². The van der Waals surface area contributed by atoms with Crippen molar-refractivity contribution in [3.8, 4) is 0 Å². The number of anilines is 1. The van der Waals surface area contributed by atoms with Crippen molar-refractivity contribution in [3.63, 3.8) is 0 Å². The molecule has 2 heterocycles. The summed E-state index contributed by atoms with van der Waals surface area (Å²) < 4.78 is 14.3. The normalized spacial score (nSPS) is 14.6. The van der Waals surface area contributed by atoms with E-state index in [1.54, 1.807) is 4.90 Å². The molecule has 1 aliphatic heterocycles. The number of halogens is 1. The van der Waals surface area contributed by atoms with Crippen LogP contribution in [0, 0.1) is 5.82 Å². The molecule has 0 unspecified atom stereocenters. The van der Waals surface area contributed by atoms with Crippen LogP contribution in [0.2, 0.25) is 0 Å². The van der Waals surface area contributed by atoms with E-state index in [2.05, 4.69) is 24.1 Å². The molecule has 0 radical (unpaired) electrons. The molecule has 31 heavy (non-hydrogen) atoms. The Balaban J connectivity index is 1.62. The molecular weight excluding hydrogens is 399 g/mol. The topological polar surface area (TPSA) is 74.7 Å². The van der Waals surface area contributed by atoms with Gasteiger partial charge in [-0.15, -0.1) is 0 Å². The van der Waals surface area contributed by atoms with Crippen LogP contribution in [0.15, 0.2) is 47.4 Å². The van der Waals surface area contributed by atoms with Crippen LogP contribution in [0.3, 0.4) is 0 Å². The van der Waals surface area contributed by atoms with Crippen LogP contribution in [0.5, 0.6) is 0 Å². The fraction of sp³-hybridized carbons (Fsp3) is 0.435. The molecule has 0 atom stereocenters. The van der Waals surface area contributed by atoms with E-state index >= 15 is 0 Å². The Morgan fingerprint density at radius 3 is 2.32 bits per heavy atom. The van der Waals surface area contributed by atoms with E-state index in [9.17, 15) is 18.8 Å². The van der Waals surface area contributed by atoms with E-state index in [1.807, 2.05) is 0 Å². The number of rotatable bonds is 7. The lowest BCUT2D eigenvalue weighted by atomic mass is 10.0. The third kappa shape index (κ3) is 5.79. The maximum absolute atomic E-state index is 13.0. The lowest BCUT2D eigenvalue weighted by Crippen LogP contribution is -2.47. The molecule has 0 spiro atoms. The van der Waals surface area contributed by atoms with Crippen LogP contribution < -0.4 is 10.9 Å². The Bertz CT molecular complexity index is 962. The average molecular weight is 429 g/mol. The van der Waals surface area contributed by atoms with Crippen LogP contribution >= 0.6 is 0 Å². The number of piperidine rings is 1. The fourth-order valence-electron chi connectivity index (χ4n) is 3.99. The summed E-state index contributed by atoms with van der Waals surface area (Å²) in [6.45, 7) is 7.51. The number of carbonyl (C=O) groups excluding carboxylic acids is 2. The number of benzene rings is 1. The third-order valence-electron chi connectivity index (χ3n) is 5.80. The maximum Gasteiger partial charge on any atom is 0.257 e. The van der Waals surface area contributed by atoms with Gasteiger partial charge in [-0.2, -0.15) is 0 Å². The molecule has 8 heteroatoms. The monoisotopic (exact) mass is 428 g/mol. The van der Waals surface area contributed by atoms with Crippen molar-refractivity contribution in [1.82, 2.24) is 14.4 Å². The van der Waals surface area contributed by atoms with Gasteiger partial charge >= 0.3 is 0 Å². The number of hydrogen-bond donors (Lipinski definition) is 1. The zero-order valence-corrected chi connectivity index (χ0v) is 18.0. The summed E-state index contributed by atoms with van der Waals surface area (Å²) in [7, 11) is 0.